The summed E-state index contributed by atoms with van der Waals surface area (Å²) in [6.45, 7) is 3.97. The third-order valence-electron chi connectivity index (χ3n) is 7.73. The molecule has 200 valence electrons. The first-order valence-corrected chi connectivity index (χ1v) is 13.3. The molecule has 0 radical (unpaired) electrons. The van der Waals surface area contributed by atoms with Crippen LogP contribution in [0.3, 0.4) is 0 Å². The summed E-state index contributed by atoms with van der Waals surface area (Å²) in [4.78, 5) is 29.4. The summed E-state index contributed by atoms with van der Waals surface area (Å²) >= 11 is 0. The Morgan fingerprint density at radius 3 is 2.74 bits per heavy atom. The van der Waals surface area contributed by atoms with Gasteiger partial charge in [-0.15, -0.1) is 0 Å². The van der Waals surface area contributed by atoms with E-state index in [0.29, 0.717) is 48.8 Å². The molecule has 6 rings (SSSR count). The molecule has 1 amide bonds. The van der Waals surface area contributed by atoms with Crippen LogP contribution in [0, 0.1) is 18.7 Å². The largest absolute Gasteiger partial charge is 0.489 e. The summed E-state index contributed by atoms with van der Waals surface area (Å²) in [7, 11) is 0. The van der Waals surface area contributed by atoms with Crippen molar-refractivity contribution in [2.75, 3.05) is 19.7 Å². The van der Waals surface area contributed by atoms with E-state index in [1.165, 1.54) is 6.07 Å². The number of aryl methyl sites for hydroxylation is 1. The number of hydrogen-bond acceptors (Lipinski definition) is 5. The summed E-state index contributed by atoms with van der Waals surface area (Å²) in [5, 5.41) is 9.26. The summed E-state index contributed by atoms with van der Waals surface area (Å²) in [6, 6.07) is 14.3. The molecular formula is C31H29FN2O5. The fourth-order valence-corrected chi connectivity index (χ4v) is 5.69. The van der Waals surface area contributed by atoms with Crippen LogP contribution in [0.15, 0.2) is 54.1 Å². The van der Waals surface area contributed by atoms with Crippen molar-refractivity contribution in [3.05, 3.63) is 82.3 Å². The van der Waals surface area contributed by atoms with Gasteiger partial charge in [0.2, 0.25) is 11.8 Å². The van der Waals surface area contributed by atoms with Gasteiger partial charge in [0, 0.05) is 53.9 Å². The Balaban J connectivity index is 1.08. The van der Waals surface area contributed by atoms with Crippen molar-refractivity contribution < 1.29 is 28.6 Å². The molecule has 8 heteroatoms. The van der Waals surface area contributed by atoms with Crippen molar-refractivity contribution in [3.8, 4) is 22.8 Å². The molecule has 39 heavy (non-hydrogen) atoms. The zero-order valence-electron chi connectivity index (χ0n) is 21.7. The van der Waals surface area contributed by atoms with Crippen LogP contribution in [0.25, 0.3) is 16.7 Å². The molecule has 0 bridgehead atoms. The maximum atomic E-state index is 14.7. The Kier molecular flexibility index (Phi) is 6.54. The smallest absolute Gasteiger partial charge is 0.332 e. The maximum Gasteiger partial charge on any atom is 0.332 e. The van der Waals surface area contributed by atoms with E-state index in [2.05, 4.69) is 4.98 Å². The average Bonchev–Trinajstić information content (AvgIpc) is 3.28. The third kappa shape index (κ3) is 4.99. The summed E-state index contributed by atoms with van der Waals surface area (Å²) < 4.78 is 26.4. The van der Waals surface area contributed by atoms with Gasteiger partial charge in [-0.1, -0.05) is 12.1 Å². The van der Waals surface area contributed by atoms with E-state index in [1.54, 1.807) is 12.1 Å². The number of likely N-dealkylation sites (tertiary alicyclic amines) is 1. The van der Waals surface area contributed by atoms with Gasteiger partial charge in [-0.05, 0) is 78.8 Å². The lowest BCUT2D eigenvalue weighted by atomic mass is 10.0. The third-order valence-corrected chi connectivity index (χ3v) is 7.73. The molecule has 2 aromatic carbocycles. The second-order valence-corrected chi connectivity index (χ2v) is 10.3. The molecule has 0 spiro atoms. The molecule has 3 aromatic rings. The Labute approximate surface area is 225 Å². The second kappa shape index (κ2) is 10.2. The van der Waals surface area contributed by atoms with Crippen LogP contribution in [0.4, 0.5) is 4.39 Å². The predicted octanol–water partition coefficient (Wildman–Crippen LogP) is 5.19. The van der Waals surface area contributed by atoms with E-state index in [-0.39, 0.29) is 24.2 Å². The van der Waals surface area contributed by atoms with Crippen LogP contribution in [-0.4, -0.2) is 46.6 Å². The molecule has 1 N–H and O–H groups in total. The first kappa shape index (κ1) is 25.1. The first-order chi connectivity index (χ1) is 18.9. The van der Waals surface area contributed by atoms with Crippen LogP contribution >= 0.6 is 0 Å². The number of ether oxygens (including phenoxy) is 2. The molecular weight excluding hydrogens is 499 g/mol. The quantitative estimate of drug-likeness (QED) is 0.365. The van der Waals surface area contributed by atoms with Crippen LogP contribution in [0.1, 0.15) is 41.6 Å². The van der Waals surface area contributed by atoms with Crippen molar-refractivity contribution in [3.63, 3.8) is 0 Å². The van der Waals surface area contributed by atoms with E-state index in [1.807, 2.05) is 42.2 Å². The van der Waals surface area contributed by atoms with Crippen molar-refractivity contribution >= 4 is 17.4 Å². The van der Waals surface area contributed by atoms with Gasteiger partial charge in [0.15, 0.2) is 0 Å². The van der Waals surface area contributed by atoms with Crippen molar-refractivity contribution in [1.29, 1.82) is 0 Å². The average molecular weight is 529 g/mol. The highest BCUT2D eigenvalue weighted by Gasteiger charge is 2.47. The monoisotopic (exact) mass is 528 g/mol. The number of nitrogens with zero attached hydrogens (tertiary/aromatic N) is 2. The van der Waals surface area contributed by atoms with Gasteiger partial charge in [0.25, 0.3) is 0 Å². The minimum absolute atomic E-state index is 0.0242. The van der Waals surface area contributed by atoms with Crippen LogP contribution in [0.5, 0.6) is 11.6 Å². The summed E-state index contributed by atoms with van der Waals surface area (Å²) in [5.41, 5.74) is 6.43. The van der Waals surface area contributed by atoms with Gasteiger partial charge in [-0.25, -0.2) is 14.2 Å². The topological polar surface area (TPSA) is 89.0 Å². The Bertz CT molecular complexity index is 1510. The fraction of sp³-hybridized carbons (Fsp3) is 0.323. The van der Waals surface area contributed by atoms with E-state index < -0.39 is 5.97 Å². The molecule has 3 aliphatic rings. The van der Waals surface area contributed by atoms with Crippen molar-refractivity contribution in [2.24, 2.45) is 5.92 Å². The number of pyridine rings is 1. The summed E-state index contributed by atoms with van der Waals surface area (Å²) in [6.07, 6.45) is 3.01. The molecule has 2 aliphatic carbocycles. The standard InChI is InChI=1S/C31H29FN2O5/c1-18-23(8-10-27(33-18)38-13-3-12-34-11-2-4-28(34)35)19-5-9-26(32)21(14-19)17-39-22-6-7-24-20(15-22)16-25-29(24)30(25)31(36)37/h5-10,14-15,25H,2-4,11-13,16-17H2,1H3,(H,36,37). The minimum Gasteiger partial charge on any atom is -0.489 e. The number of hydrogen-bond donors (Lipinski definition) is 1. The zero-order valence-corrected chi connectivity index (χ0v) is 21.7. The minimum atomic E-state index is -0.837. The highest BCUT2D eigenvalue weighted by atomic mass is 19.1. The van der Waals surface area contributed by atoms with Gasteiger partial charge in [0.05, 0.1) is 6.61 Å². The van der Waals surface area contributed by atoms with Crippen LogP contribution < -0.4 is 9.47 Å². The number of halogens is 1. The highest BCUT2D eigenvalue weighted by molar-refractivity contribution is 6.11. The molecule has 1 aliphatic heterocycles. The lowest BCUT2D eigenvalue weighted by molar-refractivity contribution is -0.132. The molecule has 1 fully saturated rings. The number of carboxylic acid groups (broad SMARTS) is 1. The SMILES string of the molecule is Cc1nc(OCCCN2CCCC2=O)ccc1-c1ccc(F)c(COc2ccc3c(c2)CC2C(C(=O)O)=C32)c1. The highest BCUT2D eigenvalue weighted by Crippen LogP contribution is 2.55. The number of carbonyl (C=O) groups is 2. The van der Waals surface area contributed by atoms with Gasteiger partial charge in [-0.3, -0.25) is 4.79 Å². The van der Waals surface area contributed by atoms with E-state index in [9.17, 15) is 19.1 Å². The van der Waals surface area contributed by atoms with Gasteiger partial charge < -0.3 is 19.5 Å². The molecule has 1 aromatic heterocycles. The molecule has 1 atom stereocenters. The number of rotatable bonds is 10. The van der Waals surface area contributed by atoms with Gasteiger partial charge in [-0.2, -0.15) is 0 Å². The first-order valence-electron chi connectivity index (χ1n) is 13.3. The number of carbonyl (C=O) groups excluding carboxylic acids is 1. The van der Waals surface area contributed by atoms with E-state index in [4.69, 9.17) is 9.47 Å². The van der Waals surface area contributed by atoms with Crippen molar-refractivity contribution in [2.45, 2.75) is 39.2 Å². The lowest BCUT2D eigenvalue weighted by Crippen LogP contribution is -2.26. The number of fused-ring (bicyclic) bond motifs is 3. The van der Waals surface area contributed by atoms with Crippen molar-refractivity contribution in [1.82, 2.24) is 9.88 Å². The Morgan fingerprint density at radius 2 is 1.97 bits per heavy atom. The van der Waals surface area contributed by atoms with E-state index >= 15 is 0 Å². The van der Waals surface area contributed by atoms with Gasteiger partial charge in [0.1, 0.15) is 18.2 Å². The van der Waals surface area contributed by atoms with Gasteiger partial charge >= 0.3 is 5.97 Å². The predicted molar refractivity (Wildman–Crippen MR) is 143 cm³/mol. The Hall–Kier alpha value is -4.20. The van der Waals surface area contributed by atoms with E-state index in [0.717, 1.165) is 52.9 Å². The second-order valence-electron chi connectivity index (χ2n) is 10.3. The number of benzene rings is 2. The molecule has 1 unspecified atom stereocenters. The fourth-order valence-electron chi connectivity index (χ4n) is 5.69. The van der Waals surface area contributed by atoms with Crippen LogP contribution in [0.2, 0.25) is 0 Å². The molecule has 1 saturated heterocycles. The number of amides is 1. The van der Waals surface area contributed by atoms with Crippen LogP contribution in [-0.2, 0) is 22.6 Å². The zero-order chi connectivity index (χ0) is 27.1. The number of allylic oxidation sites excluding steroid dienone is 1. The molecule has 7 nitrogen and oxygen atoms in total. The molecule has 0 saturated carbocycles. The normalized spacial score (nSPS) is 17.3. The lowest BCUT2D eigenvalue weighted by Gasteiger charge is -2.15. The number of carboxylic acids is 1. The number of aliphatic carboxylic acids is 1. The number of aromatic nitrogens is 1. The molecule has 2 heterocycles. The maximum absolute atomic E-state index is 14.7. The Morgan fingerprint density at radius 1 is 1.13 bits per heavy atom. The summed E-state index contributed by atoms with van der Waals surface area (Å²) in [5.74, 6) is 0.210.